The van der Waals surface area contributed by atoms with Crippen LogP contribution in [0.15, 0.2) is 0 Å². The largest absolute Gasteiger partial charge is 0.339 e. The first-order valence-electron chi connectivity index (χ1n) is 8.27. The van der Waals surface area contributed by atoms with Crippen LogP contribution < -0.4 is 5.32 Å². The van der Waals surface area contributed by atoms with Crippen LogP contribution in [0, 0.1) is 11.8 Å². The van der Waals surface area contributed by atoms with Crippen molar-refractivity contribution in [3.05, 3.63) is 0 Å². The molecule has 0 aromatic carbocycles. The molecule has 0 saturated carbocycles. The van der Waals surface area contributed by atoms with E-state index in [1.165, 1.54) is 0 Å². The predicted molar refractivity (Wildman–Crippen MR) is 82.8 cm³/mol. The number of nitrogens with one attached hydrogen (secondary N) is 1. The molecule has 21 heavy (non-hydrogen) atoms. The minimum Gasteiger partial charge on any atom is -0.339 e. The third-order valence-electron chi connectivity index (χ3n) is 4.50. The summed E-state index contributed by atoms with van der Waals surface area (Å²) in [6.07, 6.45) is 2.49. The Morgan fingerprint density at radius 1 is 1.14 bits per heavy atom. The maximum absolute atomic E-state index is 12.5. The van der Waals surface area contributed by atoms with E-state index in [0.29, 0.717) is 50.5 Å². The summed E-state index contributed by atoms with van der Waals surface area (Å²) in [5, 5.41) is 3.39. The average molecular weight is 295 g/mol. The van der Waals surface area contributed by atoms with Crippen molar-refractivity contribution >= 4 is 11.8 Å². The van der Waals surface area contributed by atoms with E-state index in [0.717, 1.165) is 19.4 Å². The molecule has 120 valence electrons. The maximum atomic E-state index is 12.5. The maximum Gasteiger partial charge on any atom is 0.225 e. The van der Waals surface area contributed by atoms with Gasteiger partial charge in [0, 0.05) is 44.6 Å². The number of nitrogens with zero attached hydrogens (tertiary/aromatic N) is 2. The lowest BCUT2D eigenvalue weighted by Gasteiger charge is -2.38. The number of rotatable bonds is 3. The Morgan fingerprint density at radius 2 is 1.76 bits per heavy atom. The normalized spacial score (nSPS) is 27.0. The van der Waals surface area contributed by atoms with Gasteiger partial charge in [-0.3, -0.25) is 9.59 Å². The minimum atomic E-state index is 0.166. The lowest BCUT2D eigenvalue weighted by Crippen LogP contribution is -2.53. The van der Waals surface area contributed by atoms with Crippen molar-refractivity contribution in [2.45, 2.75) is 46.1 Å². The van der Waals surface area contributed by atoms with E-state index in [-0.39, 0.29) is 11.8 Å². The van der Waals surface area contributed by atoms with Crippen molar-refractivity contribution in [2.75, 3.05) is 32.7 Å². The molecule has 2 atom stereocenters. The van der Waals surface area contributed by atoms with Crippen LogP contribution in [-0.2, 0) is 9.59 Å². The first kappa shape index (κ1) is 16.3. The monoisotopic (exact) mass is 295 g/mol. The molecule has 0 bridgehead atoms. The second-order valence-corrected chi connectivity index (χ2v) is 6.88. The van der Waals surface area contributed by atoms with Gasteiger partial charge in [-0.05, 0) is 32.2 Å². The van der Waals surface area contributed by atoms with Crippen molar-refractivity contribution in [1.29, 1.82) is 0 Å². The van der Waals surface area contributed by atoms with E-state index in [1.54, 1.807) is 0 Å². The Hall–Kier alpha value is -1.10. The van der Waals surface area contributed by atoms with Crippen molar-refractivity contribution in [3.8, 4) is 0 Å². The topological polar surface area (TPSA) is 52.7 Å². The first-order chi connectivity index (χ1) is 9.97. The van der Waals surface area contributed by atoms with Crippen molar-refractivity contribution in [3.63, 3.8) is 0 Å². The molecular weight excluding hydrogens is 266 g/mol. The van der Waals surface area contributed by atoms with Crippen LogP contribution in [0.25, 0.3) is 0 Å². The Kier molecular flexibility index (Phi) is 5.62. The zero-order valence-electron chi connectivity index (χ0n) is 13.6. The van der Waals surface area contributed by atoms with Gasteiger partial charge in [0.05, 0.1) is 0 Å². The highest BCUT2D eigenvalue weighted by molar-refractivity contribution is 5.80. The molecule has 5 heteroatoms. The number of hydrogen-bond acceptors (Lipinski definition) is 3. The van der Waals surface area contributed by atoms with Crippen LogP contribution in [0.4, 0.5) is 0 Å². The van der Waals surface area contributed by atoms with Gasteiger partial charge in [0.1, 0.15) is 0 Å². The lowest BCUT2D eigenvalue weighted by atomic mass is 9.92. The molecule has 0 spiro atoms. The van der Waals surface area contributed by atoms with E-state index >= 15 is 0 Å². The van der Waals surface area contributed by atoms with Crippen molar-refractivity contribution < 1.29 is 9.59 Å². The molecule has 2 saturated heterocycles. The molecule has 2 unspecified atom stereocenters. The highest BCUT2D eigenvalue weighted by Gasteiger charge is 2.31. The molecule has 0 aromatic heterocycles. The number of carbonyl (C=O) groups is 2. The molecule has 2 aliphatic heterocycles. The first-order valence-corrected chi connectivity index (χ1v) is 8.27. The highest BCUT2D eigenvalue weighted by atomic mass is 16.2. The van der Waals surface area contributed by atoms with Gasteiger partial charge >= 0.3 is 0 Å². The van der Waals surface area contributed by atoms with Crippen molar-refractivity contribution in [1.82, 2.24) is 15.1 Å². The van der Waals surface area contributed by atoms with Crippen LogP contribution in [-0.4, -0.2) is 60.4 Å². The van der Waals surface area contributed by atoms with E-state index in [4.69, 9.17) is 0 Å². The van der Waals surface area contributed by atoms with Gasteiger partial charge in [-0.1, -0.05) is 13.8 Å². The number of carbonyl (C=O) groups excluding carboxylic acids is 2. The third kappa shape index (κ3) is 4.43. The SMILES string of the molecule is CC(C)CC(=O)N1CCN(C(=O)C2CCNC(C)C2)CC1. The standard InChI is InChI=1S/C16H29N3O2/c1-12(2)10-15(20)18-6-8-19(9-7-18)16(21)14-4-5-17-13(3)11-14/h12-14,17H,4-11H2,1-3H3. The summed E-state index contributed by atoms with van der Waals surface area (Å²) >= 11 is 0. The molecule has 1 N–H and O–H groups in total. The van der Waals surface area contributed by atoms with Crippen LogP contribution in [0.1, 0.15) is 40.0 Å². The second-order valence-electron chi connectivity index (χ2n) is 6.88. The fourth-order valence-corrected chi connectivity index (χ4v) is 3.27. The third-order valence-corrected chi connectivity index (χ3v) is 4.50. The van der Waals surface area contributed by atoms with Gasteiger partial charge in [0.15, 0.2) is 0 Å². The predicted octanol–water partition coefficient (Wildman–Crippen LogP) is 1.09. The Bertz CT molecular complexity index is 376. The van der Waals surface area contributed by atoms with Gasteiger partial charge in [-0.15, -0.1) is 0 Å². The molecule has 2 heterocycles. The minimum absolute atomic E-state index is 0.166. The van der Waals surface area contributed by atoms with Crippen LogP contribution >= 0.6 is 0 Å². The Morgan fingerprint density at radius 3 is 2.33 bits per heavy atom. The molecule has 2 rings (SSSR count). The quantitative estimate of drug-likeness (QED) is 0.848. The fraction of sp³-hybridized carbons (Fsp3) is 0.875. The summed E-state index contributed by atoms with van der Waals surface area (Å²) in [4.78, 5) is 28.5. The van der Waals surface area contributed by atoms with Crippen LogP contribution in [0.3, 0.4) is 0 Å². The van der Waals surface area contributed by atoms with Crippen LogP contribution in [0.2, 0.25) is 0 Å². The second kappa shape index (κ2) is 7.25. The molecule has 2 fully saturated rings. The zero-order valence-corrected chi connectivity index (χ0v) is 13.6. The molecule has 0 aromatic rings. The summed E-state index contributed by atoms with van der Waals surface area (Å²) in [5.41, 5.74) is 0. The summed E-state index contributed by atoms with van der Waals surface area (Å²) in [6, 6.07) is 0.432. The summed E-state index contributed by atoms with van der Waals surface area (Å²) < 4.78 is 0. The van der Waals surface area contributed by atoms with E-state index in [1.807, 2.05) is 9.80 Å². The Balaban J connectivity index is 1.80. The molecule has 0 aliphatic carbocycles. The van der Waals surface area contributed by atoms with E-state index in [9.17, 15) is 9.59 Å². The van der Waals surface area contributed by atoms with Crippen molar-refractivity contribution in [2.24, 2.45) is 11.8 Å². The Labute approximate surface area is 128 Å². The molecule has 0 radical (unpaired) electrons. The summed E-state index contributed by atoms with van der Waals surface area (Å²) in [6.45, 7) is 9.98. The van der Waals surface area contributed by atoms with E-state index in [2.05, 4.69) is 26.1 Å². The lowest BCUT2D eigenvalue weighted by molar-refractivity contribution is -0.143. The van der Waals surface area contributed by atoms with E-state index < -0.39 is 0 Å². The van der Waals surface area contributed by atoms with Crippen LogP contribution in [0.5, 0.6) is 0 Å². The fourth-order valence-electron chi connectivity index (χ4n) is 3.27. The van der Waals surface area contributed by atoms with Gasteiger partial charge < -0.3 is 15.1 Å². The number of amides is 2. The molecule has 2 amide bonds. The molecule has 2 aliphatic rings. The van der Waals surface area contributed by atoms with Gasteiger partial charge in [-0.25, -0.2) is 0 Å². The molecule has 5 nitrogen and oxygen atoms in total. The zero-order chi connectivity index (χ0) is 15.4. The van der Waals surface area contributed by atoms with Gasteiger partial charge in [-0.2, -0.15) is 0 Å². The highest BCUT2D eigenvalue weighted by Crippen LogP contribution is 2.20. The average Bonchev–Trinajstić information content (AvgIpc) is 2.46. The number of hydrogen-bond donors (Lipinski definition) is 1. The molecular formula is C16H29N3O2. The smallest absolute Gasteiger partial charge is 0.225 e. The van der Waals surface area contributed by atoms with Gasteiger partial charge in [0.2, 0.25) is 11.8 Å². The summed E-state index contributed by atoms with van der Waals surface area (Å²) in [7, 11) is 0. The van der Waals surface area contributed by atoms with Gasteiger partial charge in [0.25, 0.3) is 0 Å². The number of piperazine rings is 1. The summed E-state index contributed by atoms with van der Waals surface area (Å²) in [5.74, 6) is 1.08. The number of piperidine rings is 1.